The zero-order valence-electron chi connectivity index (χ0n) is 12.6. The van der Waals surface area contributed by atoms with Crippen LogP contribution in [0.1, 0.15) is 43.6 Å². The van der Waals surface area contributed by atoms with Gasteiger partial charge in [0.2, 0.25) is 5.91 Å². The predicted molar refractivity (Wildman–Crippen MR) is 84.5 cm³/mol. The number of rotatable bonds is 2. The van der Waals surface area contributed by atoms with Crippen LogP contribution in [0.25, 0.3) is 0 Å². The molecule has 0 radical (unpaired) electrons. The molecule has 4 rings (SSSR count). The minimum Gasteiger partial charge on any atom is -0.316 e. The first kappa shape index (κ1) is 13.3. The van der Waals surface area contributed by atoms with E-state index in [1.54, 1.807) is 0 Å². The number of benzene rings is 1. The summed E-state index contributed by atoms with van der Waals surface area (Å²) in [6.07, 6.45) is 5.86. The molecule has 0 spiro atoms. The number of hydrogen-bond acceptors (Lipinski definition) is 2. The van der Waals surface area contributed by atoms with Crippen molar-refractivity contribution in [3.8, 4) is 0 Å². The predicted octanol–water partition coefficient (Wildman–Crippen LogP) is 2.92. The molecule has 0 bridgehead atoms. The maximum absolute atomic E-state index is 12.8. The third-order valence-corrected chi connectivity index (χ3v) is 5.62. The molecular weight excluding hydrogens is 260 g/mol. The summed E-state index contributed by atoms with van der Waals surface area (Å²) in [5, 5.41) is 3.50. The Morgan fingerprint density at radius 2 is 2.00 bits per heavy atom. The molecule has 2 unspecified atom stereocenters. The molecule has 1 saturated carbocycles. The van der Waals surface area contributed by atoms with Gasteiger partial charge in [0.25, 0.3) is 0 Å². The molecule has 2 aliphatic heterocycles. The molecule has 2 atom stereocenters. The smallest absolute Gasteiger partial charge is 0.227 e. The zero-order valence-corrected chi connectivity index (χ0v) is 12.6. The van der Waals surface area contributed by atoms with Gasteiger partial charge >= 0.3 is 0 Å². The van der Waals surface area contributed by atoms with Gasteiger partial charge in [-0.15, -0.1) is 0 Å². The summed E-state index contributed by atoms with van der Waals surface area (Å²) < 4.78 is 0. The minimum atomic E-state index is 0.347. The number of hydrogen-bond donors (Lipinski definition) is 1. The molecule has 1 amide bonds. The van der Waals surface area contributed by atoms with Gasteiger partial charge in [-0.3, -0.25) is 4.79 Å². The van der Waals surface area contributed by atoms with Gasteiger partial charge in [0.15, 0.2) is 0 Å². The van der Waals surface area contributed by atoms with Crippen LogP contribution in [0.3, 0.4) is 0 Å². The SMILES string of the molecule is O=C(CC1CCCC1)N1CC2CNCC2c2ccccc21. The lowest BCUT2D eigenvalue weighted by Gasteiger charge is -2.37. The number of carbonyl (C=O) groups is 1. The molecule has 2 heterocycles. The van der Waals surface area contributed by atoms with E-state index in [-0.39, 0.29) is 0 Å². The lowest BCUT2D eigenvalue weighted by atomic mass is 9.83. The lowest BCUT2D eigenvalue weighted by Crippen LogP contribution is -2.42. The van der Waals surface area contributed by atoms with Crippen molar-refractivity contribution in [2.75, 3.05) is 24.5 Å². The van der Waals surface area contributed by atoms with E-state index in [4.69, 9.17) is 0 Å². The van der Waals surface area contributed by atoms with Gasteiger partial charge < -0.3 is 10.2 Å². The molecule has 0 aromatic heterocycles. The van der Waals surface area contributed by atoms with E-state index >= 15 is 0 Å². The number of anilines is 1. The van der Waals surface area contributed by atoms with E-state index in [1.165, 1.54) is 36.9 Å². The van der Waals surface area contributed by atoms with Gasteiger partial charge in [-0.2, -0.15) is 0 Å². The normalized spacial score (nSPS) is 28.5. The fourth-order valence-electron chi connectivity index (χ4n) is 4.48. The van der Waals surface area contributed by atoms with Gasteiger partial charge in [0.05, 0.1) is 0 Å². The minimum absolute atomic E-state index is 0.347. The van der Waals surface area contributed by atoms with Crippen LogP contribution in [0.15, 0.2) is 24.3 Å². The molecule has 2 fully saturated rings. The van der Waals surface area contributed by atoms with Crippen LogP contribution < -0.4 is 10.2 Å². The van der Waals surface area contributed by atoms with Crippen molar-refractivity contribution >= 4 is 11.6 Å². The Balaban J connectivity index is 1.59. The first-order valence-corrected chi connectivity index (χ1v) is 8.43. The Morgan fingerprint density at radius 1 is 1.19 bits per heavy atom. The molecule has 1 N–H and O–H groups in total. The number of amides is 1. The van der Waals surface area contributed by atoms with E-state index in [0.717, 1.165) is 26.1 Å². The number of nitrogens with one attached hydrogen (secondary N) is 1. The van der Waals surface area contributed by atoms with Crippen molar-refractivity contribution in [2.45, 2.75) is 38.0 Å². The number of nitrogens with zero attached hydrogens (tertiary/aromatic N) is 1. The molecule has 1 aromatic carbocycles. The Kier molecular flexibility index (Phi) is 3.46. The molecular formula is C18H24N2O. The van der Waals surface area contributed by atoms with Gasteiger partial charge in [0.1, 0.15) is 0 Å². The highest BCUT2D eigenvalue weighted by atomic mass is 16.2. The van der Waals surface area contributed by atoms with Gasteiger partial charge in [-0.05, 0) is 36.3 Å². The van der Waals surface area contributed by atoms with Crippen LogP contribution in [0.2, 0.25) is 0 Å². The van der Waals surface area contributed by atoms with Gasteiger partial charge in [-0.25, -0.2) is 0 Å². The topological polar surface area (TPSA) is 32.3 Å². The van der Waals surface area contributed by atoms with E-state index in [1.807, 2.05) is 0 Å². The number of fused-ring (bicyclic) bond motifs is 3. The van der Waals surface area contributed by atoms with E-state index < -0.39 is 0 Å². The first-order valence-electron chi connectivity index (χ1n) is 8.43. The standard InChI is InChI=1S/C18H24N2O/c21-18(9-13-5-1-2-6-13)20-12-14-10-19-11-16(14)15-7-3-4-8-17(15)20/h3-4,7-8,13-14,16,19H,1-2,5-6,9-12H2. The molecule has 3 nitrogen and oxygen atoms in total. The first-order chi connectivity index (χ1) is 10.3. The van der Waals surface area contributed by atoms with Crippen LogP contribution in [0, 0.1) is 11.8 Å². The van der Waals surface area contributed by atoms with Crippen molar-refractivity contribution in [3.63, 3.8) is 0 Å². The zero-order chi connectivity index (χ0) is 14.2. The number of carbonyl (C=O) groups excluding carboxylic acids is 1. The van der Waals surface area contributed by atoms with E-state index in [2.05, 4.69) is 34.5 Å². The summed E-state index contributed by atoms with van der Waals surface area (Å²) in [5.41, 5.74) is 2.55. The maximum atomic E-state index is 12.8. The van der Waals surface area contributed by atoms with Gasteiger partial charge in [-0.1, -0.05) is 31.0 Å². The second-order valence-electron chi connectivity index (χ2n) is 6.94. The molecule has 21 heavy (non-hydrogen) atoms. The average molecular weight is 284 g/mol. The van der Waals surface area contributed by atoms with Gasteiger partial charge in [0, 0.05) is 37.7 Å². The largest absolute Gasteiger partial charge is 0.316 e. The fraction of sp³-hybridized carbons (Fsp3) is 0.611. The Labute approximate surface area is 126 Å². The summed E-state index contributed by atoms with van der Waals surface area (Å²) in [7, 11) is 0. The monoisotopic (exact) mass is 284 g/mol. The van der Waals surface area contributed by atoms with Crippen molar-refractivity contribution < 1.29 is 4.79 Å². The molecule has 1 aromatic rings. The molecule has 3 heteroatoms. The van der Waals surface area contributed by atoms with E-state index in [9.17, 15) is 4.79 Å². The van der Waals surface area contributed by atoms with Crippen LogP contribution in [0.5, 0.6) is 0 Å². The summed E-state index contributed by atoms with van der Waals surface area (Å²) in [6.45, 7) is 3.01. The summed E-state index contributed by atoms with van der Waals surface area (Å²) in [5.74, 6) is 2.16. The molecule has 112 valence electrons. The lowest BCUT2D eigenvalue weighted by molar-refractivity contribution is -0.119. The van der Waals surface area contributed by atoms with Crippen LogP contribution in [-0.4, -0.2) is 25.5 Å². The van der Waals surface area contributed by atoms with Crippen molar-refractivity contribution in [1.82, 2.24) is 5.32 Å². The highest BCUT2D eigenvalue weighted by Crippen LogP contribution is 2.41. The molecule has 3 aliphatic rings. The van der Waals surface area contributed by atoms with Crippen molar-refractivity contribution in [1.29, 1.82) is 0 Å². The van der Waals surface area contributed by atoms with Crippen LogP contribution in [0.4, 0.5) is 5.69 Å². The molecule has 1 saturated heterocycles. The second kappa shape index (κ2) is 5.45. The number of para-hydroxylation sites is 1. The maximum Gasteiger partial charge on any atom is 0.227 e. The van der Waals surface area contributed by atoms with Crippen molar-refractivity contribution in [2.24, 2.45) is 11.8 Å². The van der Waals surface area contributed by atoms with Crippen LogP contribution >= 0.6 is 0 Å². The molecule has 1 aliphatic carbocycles. The van der Waals surface area contributed by atoms with E-state index in [0.29, 0.717) is 23.7 Å². The Bertz CT molecular complexity index is 536. The fourth-order valence-corrected chi connectivity index (χ4v) is 4.48. The summed E-state index contributed by atoms with van der Waals surface area (Å²) >= 11 is 0. The third kappa shape index (κ3) is 2.38. The Morgan fingerprint density at radius 3 is 2.86 bits per heavy atom. The van der Waals surface area contributed by atoms with Crippen molar-refractivity contribution in [3.05, 3.63) is 29.8 Å². The highest BCUT2D eigenvalue weighted by Gasteiger charge is 2.38. The third-order valence-electron chi connectivity index (χ3n) is 5.62. The summed E-state index contributed by atoms with van der Waals surface area (Å²) in [4.78, 5) is 14.9. The summed E-state index contributed by atoms with van der Waals surface area (Å²) in [6, 6.07) is 8.53. The average Bonchev–Trinajstić information content (AvgIpc) is 3.17. The Hall–Kier alpha value is -1.35. The second-order valence-corrected chi connectivity index (χ2v) is 6.94. The highest BCUT2D eigenvalue weighted by molar-refractivity contribution is 5.95. The van der Waals surface area contributed by atoms with Crippen LogP contribution in [-0.2, 0) is 4.79 Å². The quantitative estimate of drug-likeness (QED) is 0.905.